The van der Waals surface area contributed by atoms with Crippen molar-refractivity contribution >= 4 is 48.5 Å². The van der Waals surface area contributed by atoms with Crippen molar-refractivity contribution < 1.29 is 16.5 Å². The van der Waals surface area contributed by atoms with Gasteiger partial charge in [0.1, 0.15) is 0 Å². The number of benzene rings is 4. The van der Waals surface area contributed by atoms with Gasteiger partial charge in [-0.15, -0.1) is 0 Å². The predicted molar refractivity (Wildman–Crippen MR) is 176 cm³/mol. The summed E-state index contributed by atoms with van der Waals surface area (Å²) < 4.78 is 0. The maximum Gasteiger partial charge on any atom is 0.0966 e. The minimum atomic E-state index is -0.785. The molecule has 4 aromatic carbocycles. The SMILES string of the molecule is CC(=NCCC[PH+](c1ccccc1)c1ccccc1)C(C)=NCCC[PH+](c1ccccc1)c1ccccc1.[Ni]. The maximum absolute atomic E-state index is 4.90. The molecule has 0 bridgehead atoms. The number of hydrogen-bond donors (Lipinski definition) is 0. The van der Waals surface area contributed by atoms with E-state index in [1.54, 1.807) is 0 Å². The van der Waals surface area contributed by atoms with Gasteiger partial charge in [-0.1, -0.05) is 72.8 Å². The molecular weight excluding hydrogens is 557 g/mol. The Hall–Kier alpha value is -2.43. The Morgan fingerprint density at radius 2 is 0.718 bits per heavy atom. The summed E-state index contributed by atoms with van der Waals surface area (Å²) in [6, 6.07) is 44.0. The quantitative estimate of drug-likeness (QED) is 0.0737. The van der Waals surface area contributed by atoms with Gasteiger partial charge in [0.25, 0.3) is 0 Å². The molecule has 0 spiro atoms. The number of hydrogen-bond acceptors (Lipinski definition) is 2. The van der Waals surface area contributed by atoms with Crippen LogP contribution in [0.4, 0.5) is 0 Å². The third-order valence-corrected chi connectivity index (χ3v) is 12.7. The molecule has 0 atom stereocenters. The fourth-order valence-electron chi connectivity index (χ4n) is 4.70. The van der Waals surface area contributed by atoms with E-state index in [4.69, 9.17) is 9.98 Å². The van der Waals surface area contributed by atoms with Crippen LogP contribution < -0.4 is 21.2 Å². The molecule has 2 nitrogen and oxygen atoms in total. The molecule has 4 aromatic rings. The molecule has 0 heterocycles. The molecule has 0 amide bonds. The van der Waals surface area contributed by atoms with Crippen LogP contribution in [0.3, 0.4) is 0 Å². The first kappa shape index (κ1) is 31.1. The standard InChI is InChI=1S/C34H38N2P2.Ni/c1-29(35-25-15-27-37(31-17-7-3-8-18-31)32-19-9-4-10-20-32)30(2)36-26-16-28-38(33-21-11-5-12-22-33)34-23-13-6-14-24-34;/h3-14,17-24H,15-16,25-28H2,1-2H3;/p+2. The Balaban J connectivity index is 0.00000420. The number of nitrogens with zero attached hydrogens (tertiary/aromatic N) is 2. The third-order valence-electron chi connectivity index (χ3n) is 6.88. The Labute approximate surface area is 247 Å². The molecule has 0 unspecified atom stereocenters. The summed E-state index contributed by atoms with van der Waals surface area (Å²) in [6.07, 6.45) is 4.58. The summed E-state index contributed by atoms with van der Waals surface area (Å²) in [6.45, 7) is 5.95. The molecule has 0 saturated carbocycles. The van der Waals surface area contributed by atoms with Gasteiger partial charge in [0, 0.05) is 42.4 Å². The van der Waals surface area contributed by atoms with Gasteiger partial charge in [-0.05, 0) is 62.4 Å². The van der Waals surface area contributed by atoms with E-state index in [0.717, 1.165) is 37.4 Å². The molecule has 0 aromatic heterocycles. The van der Waals surface area contributed by atoms with Gasteiger partial charge < -0.3 is 0 Å². The molecule has 0 fully saturated rings. The second-order valence-corrected chi connectivity index (χ2v) is 14.8. The van der Waals surface area contributed by atoms with E-state index in [2.05, 4.69) is 135 Å². The normalized spacial score (nSPS) is 12.0. The Bertz CT molecular complexity index is 1100. The monoisotopic (exact) mass is 596 g/mol. The first-order valence-corrected chi connectivity index (χ1v) is 17.1. The van der Waals surface area contributed by atoms with Gasteiger partial charge in [0.2, 0.25) is 0 Å². The molecule has 0 radical (unpaired) electrons. The molecular formula is C34H40N2NiP2+2. The predicted octanol–water partition coefficient (Wildman–Crippen LogP) is 6.42. The van der Waals surface area contributed by atoms with Gasteiger partial charge in [-0.3, -0.25) is 9.98 Å². The van der Waals surface area contributed by atoms with Crippen molar-refractivity contribution in [1.29, 1.82) is 0 Å². The summed E-state index contributed by atoms with van der Waals surface area (Å²) in [5.41, 5.74) is 2.16. The molecule has 0 aliphatic rings. The van der Waals surface area contributed by atoms with Crippen LogP contribution in [0.15, 0.2) is 131 Å². The van der Waals surface area contributed by atoms with Crippen molar-refractivity contribution in [3.05, 3.63) is 121 Å². The van der Waals surface area contributed by atoms with E-state index in [0.29, 0.717) is 0 Å². The van der Waals surface area contributed by atoms with Crippen LogP contribution in [0.1, 0.15) is 26.7 Å². The minimum Gasteiger partial charge on any atom is -0.288 e. The Kier molecular flexibility index (Phi) is 13.8. The zero-order valence-electron chi connectivity index (χ0n) is 23.0. The Morgan fingerprint density at radius 3 is 0.974 bits per heavy atom. The summed E-state index contributed by atoms with van der Waals surface area (Å²) in [7, 11) is -1.57. The zero-order valence-corrected chi connectivity index (χ0v) is 26.0. The first-order chi connectivity index (χ1) is 18.7. The Morgan fingerprint density at radius 1 is 0.462 bits per heavy atom. The van der Waals surface area contributed by atoms with Gasteiger partial charge in [-0.2, -0.15) is 0 Å². The second-order valence-electron chi connectivity index (χ2n) is 9.56. The fraction of sp³-hybridized carbons (Fsp3) is 0.235. The van der Waals surface area contributed by atoms with Crippen LogP contribution in [-0.2, 0) is 16.5 Å². The average Bonchev–Trinajstić information content (AvgIpc) is 2.98. The summed E-state index contributed by atoms with van der Waals surface area (Å²) in [5.74, 6) is 0. The number of rotatable bonds is 13. The number of aliphatic imine (C=N–C) groups is 2. The van der Waals surface area contributed by atoms with Crippen LogP contribution >= 0.6 is 15.8 Å². The average molecular weight is 597 g/mol. The molecule has 0 saturated heterocycles. The molecule has 5 heteroatoms. The third kappa shape index (κ3) is 9.92. The van der Waals surface area contributed by atoms with Crippen molar-refractivity contribution in [2.24, 2.45) is 9.98 Å². The van der Waals surface area contributed by atoms with Crippen molar-refractivity contribution in [2.45, 2.75) is 26.7 Å². The summed E-state index contributed by atoms with van der Waals surface area (Å²) >= 11 is 0. The largest absolute Gasteiger partial charge is 0.288 e. The van der Waals surface area contributed by atoms with Crippen molar-refractivity contribution in [3.8, 4) is 0 Å². The van der Waals surface area contributed by atoms with Crippen molar-refractivity contribution in [1.82, 2.24) is 0 Å². The van der Waals surface area contributed by atoms with Crippen molar-refractivity contribution in [3.63, 3.8) is 0 Å². The van der Waals surface area contributed by atoms with Gasteiger partial charge >= 0.3 is 0 Å². The van der Waals surface area contributed by atoms with Crippen LogP contribution in [0.5, 0.6) is 0 Å². The van der Waals surface area contributed by atoms with Gasteiger partial charge in [0.15, 0.2) is 0 Å². The first-order valence-electron chi connectivity index (χ1n) is 13.7. The molecule has 0 aliphatic heterocycles. The fourth-order valence-corrected chi connectivity index (χ4v) is 9.93. The van der Waals surface area contributed by atoms with E-state index < -0.39 is 15.8 Å². The minimum absolute atomic E-state index is 0. The molecule has 39 heavy (non-hydrogen) atoms. The molecule has 0 N–H and O–H groups in total. The van der Waals surface area contributed by atoms with Crippen LogP contribution in [-0.4, -0.2) is 36.8 Å². The van der Waals surface area contributed by atoms with E-state index in [1.165, 1.54) is 33.5 Å². The van der Waals surface area contributed by atoms with Crippen LogP contribution in [0.2, 0.25) is 0 Å². The maximum atomic E-state index is 4.90. The molecule has 204 valence electrons. The molecule has 4 rings (SSSR count). The second kappa shape index (κ2) is 17.3. The van der Waals surface area contributed by atoms with Crippen LogP contribution in [0, 0.1) is 0 Å². The van der Waals surface area contributed by atoms with E-state index in [9.17, 15) is 0 Å². The van der Waals surface area contributed by atoms with Gasteiger partial charge in [0.05, 0.1) is 60.8 Å². The van der Waals surface area contributed by atoms with Crippen LogP contribution in [0.25, 0.3) is 0 Å². The zero-order chi connectivity index (χ0) is 26.4. The topological polar surface area (TPSA) is 24.7 Å². The van der Waals surface area contributed by atoms with E-state index >= 15 is 0 Å². The van der Waals surface area contributed by atoms with E-state index in [-0.39, 0.29) is 16.5 Å². The summed E-state index contributed by atoms with van der Waals surface area (Å²) in [5, 5.41) is 5.92. The van der Waals surface area contributed by atoms with Crippen molar-refractivity contribution in [2.75, 3.05) is 25.4 Å². The smallest absolute Gasteiger partial charge is 0.0966 e. The van der Waals surface area contributed by atoms with E-state index in [1.807, 2.05) is 0 Å². The summed E-state index contributed by atoms with van der Waals surface area (Å²) in [4.78, 5) is 9.80. The molecule has 0 aliphatic carbocycles. The van der Waals surface area contributed by atoms with Gasteiger partial charge in [-0.25, -0.2) is 0 Å².